The van der Waals surface area contributed by atoms with E-state index in [-0.39, 0.29) is 11.0 Å². The third-order valence-electron chi connectivity index (χ3n) is 3.82. The minimum Gasteiger partial charge on any atom is -0.506 e. The van der Waals surface area contributed by atoms with Gasteiger partial charge in [0.1, 0.15) is 23.5 Å². The Morgan fingerprint density at radius 1 is 1.27 bits per heavy atom. The number of aromatic nitrogens is 3. The largest absolute Gasteiger partial charge is 0.506 e. The molecule has 3 rings (SSSR count). The number of carboxylic acid groups (broad SMARTS) is 1. The van der Waals surface area contributed by atoms with Crippen LogP contribution in [0.2, 0.25) is 0 Å². The van der Waals surface area contributed by atoms with E-state index in [9.17, 15) is 19.5 Å². The maximum Gasteiger partial charge on any atom is 0.322 e. The summed E-state index contributed by atoms with van der Waals surface area (Å²) in [5.74, 6) is -2.79. The second-order valence-corrected chi connectivity index (χ2v) is 5.50. The monoisotopic (exact) mass is 354 g/mol. The van der Waals surface area contributed by atoms with Gasteiger partial charge in [0.2, 0.25) is 0 Å². The van der Waals surface area contributed by atoms with Crippen LogP contribution < -0.4 is 10.9 Å². The number of fused-ring (bicyclic) bond motifs is 1. The minimum absolute atomic E-state index is 0.189. The second kappa shape index (κ2) is 6.63. The molecule has 0 saturated carbocycles. The Morgan fingerprint density at radius 3 is 2.69 bits per heavy atom. The first-order valence-electron chi connectivity index (χ1n) is 7.52. The predicted molar refractivity (Wildman–Crippen MR) is 91.8 cm³/mol. The van der Waals surface area contributed by atoms with Gasteiger partial charge in [-0.2, -0.15) is 0 Å². The predicted octanol–water partition coefficient (Wildman–Crippen LogP) is 0.515. The molecule has 0 aliphatic rings. The zero-order chi connectivity index (χ0) is 18.8. The van der Waals surface area contributed by atoms with Crippen molar-refractivity contribution in [2.75, 3.05) is 6.54 Å². The molecule has 1 amide bonds. The molecule has 0 unspecified atom stereocenters. The van der Waals surface area contributed by atoms with Gasteiger partial charge in [0.05, 0.1) is 5.39 Å². The van der Waals surface area contributed by atoms with E-state index in [1.54, 1.807) is 30.6 Å². The lowest BCUT2D eigenvalue weighted by Crippen LogP contribution is -2.35. The number of aliphatic carboxylic acids is 1. The fourth-order valence-corrected chi connectivity index (χ4v) is 2.54. The molecule has 9 nitrogen and oxygen atoms in total. The van der Waals surface area contributed by atoms with Gasteiger partial charge < -0.3 is 15.5 Å². The van der Waals surface area contributed by atoms with Gasteiger partial charge in [-0.15, -0.1) is 0 Å². The summed E-state index contributed by atoms with van der Waals surface area (Å²) in [5, 5.41) is 21.4. The van der Waals surface area contributed by atoms with Gasteiger partial charge >= 0.3 is 5.97 Å². The summed E-state index contributed by atoms with van der Waals surface area (Å²) >= 11 is 0. The molecule has 0 aliphatic carbocycles. The van der Waals surface area contributed by atoms with Crippen molar-refractivity contribution in [2.45, 2.75) is 0 Å². The summed E-state index contributed by atoms with van der Waals surface area (Å²) in [7, 11) is 1.41. The normalized spacial score (nSPS) is 10.7. The molecule has 0 spiro atoms. The van der Waals surface area contributed by atoms with E-state index in [1.165, 1.54) is 13.2 Å². The van der Waals surface area contributed by atoms with Crippen molar-refractivity contribution in [3.05, 3.63) is 52.7 Å². The van der Waals surface area contributed by atoms with Crippen LogP contribution in [-0.2, 0) is 11.8 Å². The first-order chi connectivity index (χ1) is 12.4. The molecule has 132 valence electrons. The van der Waals surface area contributed by atoms with Crippen molar-refractivity contribution in [2.24, 2.45) is 7.05 Å². The number of pyridine rings is 3. The molecular weight excluding hydrogens is 340 g/mol. The topological polar surface area (TPSA) is 134 Å². The number of carbonyl (C=O) groups excluding carboxylic acids is 1. The quantitative estimate of drug-likeness (QED) is 0.621. The average molecular weight is 354 g/mol. The van der Waals surface area contributed by atoms with Crippen LogP contribution in [0.25, 0.3) is 22.2 Å². The molecule has 9 heteroatoms. The molecular formula is C17H14N4O5. The van der Waals surface area contributed by atoms with Crippen molar-refractivity contribution >= 4 is 22.9 Å². The van der Waals surface area contributed by atoms with Crippen molar-refractivity contribution in [1.82, 2.24) is 19.9 Å². The maximum atomic E-state index is 12.4. The van der Waals surface area contributed by atoms with Crippen molar-refractivity contribution < 1.29 is 19.8 Å². The summed E-state index contributed by atoms with van der Waals surface area (Å²) in [6, 6.07) is 5.13. The first kappa shape index (κ1) is 17.1. The Labute approximate surface area is 146 Å². The fraction of sp³-hybridized carbons (Fsp3) is 0.118. The number of hydrogen-bond acceptors (Lipinski definition) is 6. The smallest absolute Gasteiger partial charge is 0.322 e. The van der Waals surface area contributed by atoms with Gasteiger partial charge in [0.15, 0.2) is 0 Å². The fourth-order valence-electron chi connectivity index (χ4n) is 2.54. The molecule has 3 aromatic heterocycles. The number of nitrogens with one attached hydrogen (secondary N) is 1. The van der Waals surface area contributed by atoms with Crippen molar-refractivity contribution in [3.8, 4) is 16.9 Å². The molecule has 0 radical (unpaired) electrons. The van der Waals surface area contributed by atoms with E-state index in [0.717, 1.165) is 10.1 Å². The molecule has 0 atom stereocenters. The lowest BCUT2D eigenvalue weighted by molar-refractivity contribution is -0.135. The van der Waals surface area contributed by atoms with Crippen molar-refractivity contribution in [1.29, 1.82) is 0 Å². The summed E-state index contributed by atoms with van der Waals surface area (Å²) in [5.41, 5.74) is 0.254. The third kappa shape index (κ3) is 2.97. The summed E-state index contributed by atoms with van der Waals surface area (Å²) in [4.78, 5) is 43.4. The highest BCUT2D eigenvalue weighted by Crippen LogP contribution is 2.29. The van der Waals surface area contributed by atoms with E-state index in [4.69, 9.17) is 5.11 Å². The highest BCUT2D eigenvalue weighted by molar-refractivity contribution is 6.03. The zero-order valence-corrected chi connectivity index (χ0v) is 13.6. The second-order valence-electron chi connectivity index (χ2n) is 5.50. The minimum atomic E-state index is -1.27. The van der Waals surface area contributed by atoms with Crippen molar-refractivity contribution in [3.63, 3.8) is 0 Å². The number of amides is 1. The van der Waals surface area contributed by atoms with E-state index < -0.39 is 35.3 Å². The van der Waals surface area contributed by atoms with Crippen LogP contribution in [-0.4, -0.2) is 43.2 Å². The standard InChI is InChI=1S/C17H14N4O5/c1-21-15-11(5-10(7-19-15)9-3-2-4-18-6-9)14(24)13(17(21)26)16(25)20-8-12(22)23/h2-7,24H,8H2,1H3,(H,20,25)(H,22,23). The SMILES string of the molecule is Cn1c(=O)c(C(=O)NCC(=O)O)c(O)c2cc(-c3cccnc3)cnc21. The number of nitrogens with zero attached hydrogens (tertiary/aromatic N) is 3. The van der Waals surface area contributed by atoms with Gasteiger partial charge in [-0.05, 0) is 12.1 Å². The van der Waals surface area contributed by atoms with Crippen LogP contribution in [0.4, 0.5) is 0 Å². The Balaban J connectivity index is 2.19. The molecule has 26 heavy (non-hydrogen) atoms. The van der Waals surface area contributed by atoms with Crippen LogP contribution in [0.15, 0.2) is 41.6 Å². The Kier molecular flexibility index (Phi) is 4.36. The van der Waals surface area contributed by atoms with Crippen LogP contribution in [0.1, 0.15) is 10.4 Å². The molecule has 0 aliphatic heterocycles. The Morgan fingerprint density at radius 2 is 2.04 bits per heavy atom. The Bertz CT molecular complexity index is 1080. The summed E-state index contributed by atoms with van der Waals surface area (Å²) < 4.78 is 1.12. The molecule has 0 bridgehead atoms. The third-order valence-corrected chi connectivity index (χ3v) is 3.82. The lowest BCUT2D eigenvalue weighted by atomic mass is 10.1. The molecule has 0 fully saturated rings. The van der Waals surface area contributed by atoms with Crippen LogP contribution in [0, 0.1) is 0 Å². The van der Waals surface area contributed by atoms with E-state index >= 15 is 0 Å². The lowest BCUT2D eigenvalue weighted by Gasteiger charge is -2.12. The van der Waals surface area contributed by atoms with E-state index in [1.807, 2.05) is 0 Å². The molecule has 3 aromatic rings. The molecule has 3 N–H and O–H groups in total. The number of hydrogen-bond donors (Lipinski definition) is 3. The number of aryl methyl sites for hydroxylation is 1. The average Bonchev–Trinajstić information content (AvgIpc) is 2.65. The van der Waals surface area contributed by atoms with Gasteiger partial charge in [-0.25, -0.2) is 4.98 Å². The maximum absolute atomic E-state index is 12.4. The van der Waals surface area contributed by atoms with Crippen LogP contribution >= 0.6 is 0 Å². The first-order valence-corrected chi connectivity index (χ1v) is 7.52. The highest BCUT2D eigenvalue weighted by Gasteiger charge is 2.22. The van der Waals surface area contributed by atoms with Crippen LogP contribution in [0.3, 0.4) is 0 Å². The van der Waals surface area contributed by atoms with E-state index in [0.29, 0.717) is 5.56 Å². The van der Waals surface area contributed by atoms with Gasteiger partial charge in [0.25, 0.3) is 11.5 Å². The van der Waals surface area contributed by atoms with Gasteiger partial charge in [-0.3, -0.25) is 23.9 Å². The number of rotatable bonds is 4. The number of aromatic hydroxyl groups is 1. The molecule has 3 heterocycles. The summed E-state index contributed by atoms with van der Waals surface area (Å²) in [6.07, 6.45) is 4.76. The van der Waals surface area contributed by atoms with Crippen LogP contribution in [0.5, 0.6) is 5.75 Å². The van der Waals surface area contributed by atoms with Gasteiger partial charge in [0, 0.05) is 36.8 Å². The zero-order valence-electron chi connectivity index (χ0n) is 13.6. The number of carboxylic acids is 1. The molecule has 0 aromatic carbocycles. The van der Waals surface area contributed by atoms with Gasteiger partial charge in [-0.1, -0.05) is 6.07 Å². The van der Waals surface area contributed by atoms with E-state index in [2.05, 4.69) is 15.3 Å². The summed E-state index contributed by atoms with van der Waals surface area (Å²) in [6.45, 7) is -0.673. The molecule has 0 saturated heterocycles. The Hall–Kier alpha value is -3.75. The highest BCUT2D eigenvalue weighted by atomic mass is 16.4. The number of carbonyl (C=O) groups is 2.